The first-order valence-electron chi connectivity index (χ1n) is 16.2. The molecule has 0 N–H and O–H groups in total. The van der Waals surface area contributed by atoms with Crippen molar-refractivity contribution in [1.29, 1.82) is 0 Å². The van der Waals surface area contributed by atoms with Gasteiger partial charge in [-0.15, -0.1) is 0 Å². The summed E-state index contributed by atoms with van der Waals surface area (Å²) in [6.45, 7) is 0. The second-order valence-electron chi connectivity index (χ2n) is 12.6. The molecule has 0 bridgehead atoms. The monoisotopic (exact) mass is 594 g/mol. The molecule has 11 rings (SSSR count). The molecule has 10 aromatic rings. The van der Waals surface area contributed by atoms with E-state index in [4.69, 9.17) is 4.98 Å². The van der Waals surface area contributed by atoms with E-state index < -0.39 is 0 Å². The molecular weight excluding hydrogens is 569 g/mol. The molecule has 0 amide bonds. The molecule has 0 fully saturated rings. The maximum atomic E-state index is 5.49. The van der Waals surface area contributed by atoms with Gasteiger partial charge in [0.25, 0.3) is 0 Å². The summed E-state index contributed by atoms with van der Waals surface area (Å²) in [5.74, 6) is 0.922. The number of fused-ring (bicyclic) bond motifs is 13. The van der Waals surface area contributed by atoms with Gasteiger partial charge in [-0.3, -0.25) is 4.57 Å². The predicted molar refractivity (Wildman–Crippen MR) is 198 cm³/mol. The first-order valence-corrected chi connectivity index (χ1v) is 16.2. The summed E-state index contributed by atoms with van der Waals surface area (Å²) in [7, 11) is 0. The van der Waals surface area contributed by atoms with Gasteiger partial charge >= 0.3 is 0 Å². The summed E-state index contributed by atoms with van der Waals surface area (Å²) in [6, 6.07) is 57.5. The van der Waals surface area contributed by atoms with E-state index in [1.807, 2.05) is 0 Å². The van der Waals surface area contributed by atoms with Crippen LogP contribution in [0.2, 0.25) is 0 Å². The van der Waals surface area contributed by atoms with Crippen molar-refractivity contribution in [2.75, 3.05) is 0 Å². The molecule has 2 aromatic heterocycles. The minimum Gasteiger partial charge on any atom is -0.293 e. The molecule has 0 radical (unpaired) electrons. The summed E-state index contributed by atoms with van der Waals surface area (Å²) in [5.41, 5.74) is 9.65. The quantitative estimate of drug-likeness (QED) is 0.182. The normalized spacial score (nSPS) is 12.3. The molecule has 216 valence electrons. The number of pyridine rings is 1. The molecule has 1 aliphatic rings. The Balaban J connectivity index is 1.24. The summed E-state index contributed by atoms with van der Waals surface area (Å²) >= 11 is 0. The van der Waals surface area contributed by atoms with Crippen molar-refractivity contribution < 1.29 is 0 Å². The molecule has 47 heavy (non-hydrogen) atoms. The Hall–Kier alpha value is -6.25. The first kappa shape index (κ1) is 25.0. The van der Waals surface area contributed by atoms with E-state index in [9.17, 15) is 0 Å². The van der Waals surface area contributed by atoms with Crippen LogP contribution in [-0.4, -0.2) is 9.55 Å². The van der Waals surface area contributed by atoms with E-state index >= 15 is 0 Å². The summed E-state index contributed by atoms with van der Waals surface area (Å²) in [5, 5.41) is 12.8. The number of hydrogen-bond acceptors (Lipinski definition) is 1. The SMILES string of the molecule is c1cc(-c2cccc3c2-c2cccc4cccc-3c24)nc(-n2c3ccccc3c3c4ccc5ccccc5c4c4ccccc4c32)c1. The van der Waals surface area contributed by atoms with Crippen molar-refractivity contribution in [2.45, 2.75) is 0 Å². The zero-order valence-corrected chi connectivity index (χ0v) is 25.4. The van der Waals surface area contributed by atoms with Gasteiger partial charge in [0, 0.05) is 21.7 Å². The number of nitrogens with zero attached hydrogens (tertiary/aromatic N) is 2. The molecular formula is C45H26N2. The van der Waals surface area contributed by atoms with E-state index in [0.29, 0.717) is 0 Å². The van der Waals surface area contributed by atoms with Crippen molar-refractivity contribution in [3.63, 3.8) is 0 Å². The van der Waals surface area contributed by atoms with Gasteiger partial charge in [-0.25, -0.2) is 4.98 Å². The Morgan fingerprint density at radius 3 is 1.91 bits per heavy atom. The molecule has 0 atom stereocenters. The van der Waals surface area contributed by atoms with Crippen LogP contribution in [0, 0.1) is 0 Å². The van der Waals surface area contributed by atoms with Gasteiger partial charge < -0.3 is 0 Å². The van der Waals surface area contributed by atoms with E-state index in [2.05, 4.69) is 162 Å². The average molecular weight is 595 g/mol. The smallest absolute Gasteiger partial charge is 0.138 e. The van der Waals surface area contributed by atoms with E-state index in [0.717, 1.165) is 22.6 Å². The van der Waals surface area contributed by atoms with Crippen LogP contribution in [0.25, 0.3) is 104 Å². The lowest BCUT2D eigenvalue weighted by molar-refractivity contribution is 1.09. The summed E-state index contributed by atoms with van der Waals surface area (Å²) in [6.07, 6.45) is 0. The van der Waals surface area contributed by atoms with Crippen LogP contribution in [0.15, 0.2) is 158 Å². The van der Waals surface area contributed by atoms with Gasteiger partial charge in [0.15, 0.2) is 0 Å². The third-order valence-corrected chi connectivity index (χ3v) is 10.3. The number of rotatable bonds is 2. The van der Waals surface area contributed by atoms with E-state index in [1.165, 1.54) is 81.6 Å². The van der Waals surface area contributed by atoms with Crippen LogP contribution >= 0.6 is 0 Å². The molecule has 1 aliphatic carbocycles. The highest BCUT2D eigenvalue weighted by atomic mass is 15.1. The molecule has 0 saturated carbocycles. The lowest BCUT2D eigenvalue weighted by atomic mass is 9.93. The van der Waals surface area contributed by atoms with Crippen LogP contribution in [0.4, 0.5) is 0 Å². The van der Waals surface area contributed by atoms with Gasteiger partial charge in [0.05, 0.1) is 16.7 Å². The fourth-order valence-corrected chi connectivity index (χ4v) is 8.44. The predicted octanol–water partition coefficient (Wildman–Crippen LogP) is 12.1. The Labute approximate surface area is 270 Å². The maximum Gasteiger partial charge on any atom is 0.138 e. The first-order chi connectivity index (χ1) is 23.3. The van der Waals surface area contributed by atoms with Crippen LogP contribution in [0.1, 0.15) is 0 Å². The molecule has 2 nitrogen and oxygen atoms in total. The summed E-state index contributed by atoms with van der Waals surface area (Å²) in [4.78, 5) is 5.49. The minimum atomic E-state index is 0.922. The summed E-state index contributed by atoms with van der Waals surface area (Å²) < 4.78 is 2.39. The Morgan fingerprint density at radius 2 is 1.02 bits per heavy atom. The third kappa shape index (κ3) is 3.26. The van der Waals surface area contributed by atoms with Crippen LogP contribution in [0.5, 0.6) is 0 Å². The fraction of sp³-hybridized carbons (Fsp3) is 0. The van der Waals surface area contributed by atoms with Gasteiger partial charge in [-0.2, -0.15) is 0 Å². The molecule has 2 heteroatoms. The van der Waals surface area contributed by atoms with E-state index in [1.54, 1.807) is 0 Å². The standard InChI is InChI=1S/C45H26N2/c1-2-14-29-27(11-1)25-26-37-42(29)32-15-3-4-16-33(32)45-44(37)35-17-5-6-23-39(35)47(45)40-24-10-22-38(46-40)34-20-9-19-31-30-18-7-12-28-13-8-21-36(41(28)30)43(31)34/h1-26H. The van der Waals surface area contributed by atoms with Gasteiger partial charge in [-0.05, 0) is 78.2 Å². The van der Waals surface area contributed by atoms with Gasteiger partial charge in [0.1, 0.15) is 5.82 Å². The highest BCUT2D eigenvalue weighted by molar-refractivity contribution is 6.36. The molecule has 8 aromatic carbocycles. The van der Waals surface area contributed by atoms with Gasteiger partial charge in [-0.1, -0.05) is 140 Å². The minimum absolute atomic E-state index is 0.922. The topological polar surface area (TPSA) is 17.8 Å². The van der Waals surface area contributed by atoms with Crippen LogP contribution in [0.3, 0.4) is 0 Å². The Morgan fingerprint density at radius 1 is 0.362 bits per heavy atom. The lowest BCUT2D eigenvalue weighted by Crippen LogP contribution is -1.99. The molecule has 0 spiro atoms. The van der Waals surface area contributed by atoms with Crippen molar-refractivity contribution in [1.82, 2.24) is 9.55 Å². The zero-order valence-electron chi connectivity index (χ0n) is 25.4. The molecule has 0 aliphatic heterocycles. The Bertz CT molecular complexity index is 2960. The van der Waals surface area contributed by atoms with Crippen molar-refractivity contribution >= 4 is 64.9 Å². The number of benzene rings is 8. The van der Waals surface area contributed by atoms with Crippen molar-refractivity contribution in [3.05, 3.63) is 158 Å². The highest BCUT2D eigenvalue weighted by Crippen LogP contribution is 2.51. The Kier molecular flexibility index (Phi) is 4.87. The average Bonchev–Trinajstić information content (AvgIpc) is 3.67. The largest absolute Gasteiger partial charge is 0.293 e. The maximum absolute atomic E-state index is 5.49. The molecule has 0 unspecified atom stereocenters. The zero-order chi connectivity index (χ0) is 30.6. The van der Waals surface area contributed by atoms with Gasteiger partial charge in [0.2, 0.25) is 0 Å². The second-order valence-corrected chi connectivity index (χ2v) is 12.6. The highest BCUT2D eigenvalue weighted by Gasteiger charge is 2.25. The van der Waals surface area contributed by atoms with Crippen molar-refractivity contribution in [2.24, 2.45) is 0 Å². The van der Waals surface area contributed by atoms with Crippen LogP contribution < -0.4 is 0 Å². The number of para-hydroxylation sites is 1. The molecule has 2 heterocycles. The lowest BCUT2D eigenvalue weighted by Gasteiger charge is -2.15. The van der Waals surface area contributed by atoms with E-state index in [-0.39, 0.29) is 0 Å². The third-order valence-electron chi connectivity index (χ3n) is 10.3. The fourth-order valence-electron chi connectivity index (χ4n) is 8.44. The number of hydrogen-bond donors (Lipinski definition) is 0. The number of aromatic nitrogens is 2. The van der Waals surface area contributed by atoms with Crippen molar-refractivity contribution in [3.8, 4) is 39.3 Å². The second kappa shape index (κ2) is 9.15. The molecule has 0 saturated heterocycles. The van der Waals surface area contributed by atoms with Crippen LogP contribution in [-0.2, 0) is 0 Å².